The van der Waals surface area contributed by atoms with Crippen molar-refractivity contribution < 1.29 is 4.79 Å². The zero-order valence-corrected chi connectivity index (χ0v) is 14.9. The number of piperidine rings is 2. The predicted octanol–water partition coefficient (Wildman–Crippen LogP) is 5.40. The van der Waals surface area contributed by atoms with Crippen molar-refractivity contribution >= 4 is 39.0 Å². The van der Waals surface area contributed by atoms with Crippen molar-refractivity contribution in [3.8, 4) is 0 Å². The van der Waals surface area contributed by atoms with Crippen molar-refractivity contribution in [2.45, 2.75) is 31.3 Å². The lowest BCUT2D eigenvalue weighted by atomic mass is 9.71. The van der Waals surface area contributed by atoms with Gasteiger partial charge in [-0.3, -0.25) is 4.79 Å². The maximum absolute atomic E-state index is 12.5. The van der Waals surface area contributed by atoms with E-state index in [-0.39, 0.29) is 12.0 Å². The predicted molar refractivity (Wildman–Crippen MR) is 97.0 cm³/mol. The highest BCUT2D eigenvalue weighted by Crippen LogP contribution is 2.48. The molecule has 2 aromatic rings. The van der Waals surface area contributed by atoms with Gasteiger partial charge in [0.15, 0.2) is 0 Å². The second-order valence-electron chi connectivity index (χ2n) is 6.39. The van der Waals surface area contributed by atoms with Crippen LogP contribution in [0, 0.1) is 5.92 Å². The largest absolute Gasteiger partial charge is 0.360 e. The Balaban J connectivity index is 1.79. The first-order valence-electron chi connectivity index (χ1n) is 7.95. The standard InChI is InChI=1S/C19H17BrClNO/c20-13-3-1-12(2-4-13)19-17-10-9-16(11-18(17)23)22(19)15-7-5-14(21)6-8-15/h1-8,16-17,19H,9-11H2/t16-,17+,19-/m0/s1. The van der Waals surface area contributed by atoms with Crippen LogP contribution < -0.4 is 4.90 Å². The van der Waals surface area contributed by atoms with Gasteiger partial charge in [-0.25, -0.2) is 0 Å². The molecule has 3 fully saturated rings. The summed E-state index contributed by atoms with van der Waals surface area (Å²) in [6.45, 7) is 0. The van der Waals surface area contributed by atoms with Crippen LogP contribution >= 0.6 is 27.5 Å². The van der Waals surface area contributed by atoms with Gasteiger partial charge in [0.25, 0.3) is 0 Å². The average molecular weight is 391 g/mol. The molecule has 0 amide bonds. The Hall–Kier alpha value is -1.32. The molecule has 5 rings (SSSR count). The van der Waals surface area contributed by atoms with E-state index in [0.29, 0.717) is 18.2 Å². The van der Waals surface area contributed by atoms with Gasteiger partial charge in [-0.2, -0.15) is 0 Å². The van der Waals surface area contributed by atoms with Crippen LogP contribution in [0.2, 0.25) is 5.02 Å². The Morgan fingerprint density at radius 1 is 1.00 bits per heavy atom. The van der Waals surface area contributed by atoms with E-state index in [1.807, 2.05) is 12.1 Å². The molecule has 1 saturated carbocycles. The number of benzene rings is 2. The van der Waals surface area contributed by atoms with E-state index in [0.717, 1.165) is 28.0 Å². The number of anilines is 1. The number of hydrogen-bond acceptors (Lipinski definition) is 2. The van der Waals surface area contributed by atoms with Gasteiger partial charge in [-0.15, -0.1) is 0 Å². The summed E-state index contributed by atoms with van der Waals surface area (Å²) >= 11 is 9.54. The van der Waals surface area contributed by atoms with E-state index in [4.69, 9.17) is 11.6 Å². The molecule has 2 bridgehead atoms. The Labute approximate surface area is 149 Å². The Bertz CT molecular complexity index is 728. The molecule has 0 unspecified atom stereocenters. The smallest absolute Gasteiger partial charge is 0.140 e. The Morgan fingerprint density at radius 3 is 2.35 bits per heavy atom. The van der Waals surface area contributed by atoms with Crippen molar-refractivity contribution in [3.63, 3.8) is 0 Å². The number of halogens is 2. The SMILES string of the molecule is O=C1C[C@@H]2CC[C@H]1[C@H](c1ccc(Br)cc1)N2c1ccc(Cl)cc1. The third kappa shape index (κ3) is 2.70. The van der Waals surface area contributed by atoms with Gasteiger partial charge in [0, 0.05) is 33.6 Å². The highest BCUT2D eigenvalue weighted by atomic mass is 79.9. The van der Waals surface area contributed by atoms with E-state index in [9.17, 15) is 4.79 Å². The minimum absolute atomic E-state index is 0.0943. The summed E-state index contributed by atoms with van der Waals surface area (Å²) in [5, 5.41) is 0.743. The first kappa shape index (κ1) is 15.2. The number of carbonyl (C=O) groups excluding carboxylic acids is 1. The van der Waals surface area contributed by atoms with E-state index in [1.54, 1.807) is 0 Å². The lowest BCUT2D eigenvalue weighted by Gasteiger charge is -2.52. The molecule has 0 aromatic heterocycles. The molecule has 2 saturated heterocycles. The fourth-order valence-electron chi connectivity index (χ4n) is 4.05. The van der Waals surface area contributed by atoms with Gasteiger partial charge >= 0.3 is 0 Å². The molecule has 0 radical (unpaired) electrons. The van der Waals surface area contributed by atoms with Crippen LogP contribution in [0.25, 0.3) is 0 Å². The summed E-state index contributed by atoms with van der Waals surface area (Å²) in [4.78, 5) is 14.9. The van der Waals surface area contributed by atoms with Crippen LogP contribution in [0.15, 0.2) is 53.0 Å². The van der Waals surface area contributed by atoms with Crippen LogP contribution in [0.4, 0.5) is 5.69 Å². The molecule has 0 spiro atoms. The quantitative estimate of drug-likeness (QED) is 0.684. The van der Waals surface area contributed by atoms with Crippen LogP contribution in [0.3, 0.4) is 0 Å². The first-order valence-corrected chi connectivity index (χ1v) is 9.12. The lowest BCUT2D eigenvalue weighted by Crippen LogP contribution is -2.54. The number of Topliss-reactive ketones (excluding diaryl/α,β-unsaturated/α-hetero) is 1. The molecule has 23 heavy (non-hydrogen) atoms. The van der Waals surface area contributed by atoms with Crippen molar-refractivity contribution in [1.29, 1.82) is 0 Å². The van der Waals surface area contributed by atoms with Gasteiger partial charge < -0.3 is 4.90 Å². The van der Waals surface area contributed by atoms with Crippen LogP contribution in [0.1, 0.15) is 30.9 Å². The molecular formula is C19H17BrClNO. The summed E-state index contributed by atoms with van der Waals surface area (Å²) in [5.74, 6) is 0.510. The third-order valence-corrected chi connectivity index (χ3v) is 5.85. The summed E-state index contributed by atoms with van der Waals surface area (Å²) in [6.07, 6.45) is 2.75. The normalized spacial score (nSPS) is 26.6. The second-order valence-corrected chi connectivity index (χ2v) is 7.74. The fraction of sp³-hybridized carbons (Fsp3) is 0.316. The van der Waals surface area contributed by atoms with Crippen molar-refractivity contribution in [2.24, 2.45) is 5.92 Å². The van der Waals surface area contributed by atoms with E-state index in [2.05, 4.69) is 57.2 Å². The van der Waals surface area contributed by atoms with Crippen molar-refractivity contribution in [2.75, 3.05) is 4.90 Å². The Morgan fingerprint density at radius 2 is 1.70 bits per heavy atom. The summed E-state index contributed by atoms with van der Waals surface area (Å²) < 4.78 is 1.06. The molecule has 3 atom stereocenters. The molecule has 118 valence electrons. The molecule has 4 heteroatoms. The minimum Gasteiger partial charge on any atom is -0.360 e. The van der Waals surface area contributed by atoms with E-state index >= 15 is 0 Å². The molecule has 2 aromatic carbocycles. The maximum atomic E-state index is 12.5. The number of fused-ring (bicyclic) bond motifs is 3. The number of ketones is 1. The average Bonchev–Trinajstić information content (AvgIpc) is 2.56. The number of nitrogens with zero attached hydrogens (tertiary/aromatic N) is 1. The third-order valence-electron chi connectivity index (χ3n) is 5.07. The van der Waals surface area contributed by atoms with Crippen LogP contribution in [0.5, 0.6) is 0 Å². The zero-order valence-electron chi connectivity index (χ0n) is 12.6. The molecule has 0 N–H and O–H groups in total. The lowest BCUT2D eigenvalue weighted by molar-refractivity contribution is -0.128. The second kappa shape index (κ2) is 5.95. The molecule has 2 aliphatic heterocycles. The topological polar surface area (TPSA) is 20.3 Å². The van der Waals surface area contributed by atoms with Crippen LogP contribution in [-0.4, -0.2) is 11.8 Å². The van der Waals surface area contributed by atoms with Gasteiger partial charge in [-0.05, 0) is 54.8 Å². The first-order chi connectivity index (χ1) is 11.1. The fourth-order valence-corrected chi connectivity index (χ4v) is 4.44. The molecule has 1 aliphatic carbocycles. The van der Waals surface area contributed by atoms with Gasteiger partial charge in [0.2, 0.25) is 0 Å². The summed E-state index contributed by atoms with van der Waals surface area (Å²) in [6, 6.07) is 16.8. The van der Waals surface area contributed by atoms with Crippen molar-refractivity contribution in [1.82, 2.24) is 0 Å². The zero-order chi connectivity index (χ0) is 16.0. The van der Waals surface area contributed by atoms with Gasteiger partial charge in [0.05, 0.1) is 6.04 Å². The van der Waals surface area contributed by atoms with E-state index in [1.165, 1.54) is 5.56 Å². The maximum Gasteiger partial charge on any atom is 0.140 e. The molecular weight excluding hydrogens is 374 g/mol. The number of rotatable bonds is 2. The molecule has 2 nitrogen and oxygen atoms in total. The summed E-state index contributed by atoms with van der Waals surface area (Å²) in [5.41, 5.74) is 2.37. The van der Waals surface area contributed by atoms with E-state index < -0.39 is 0 Å². The highest BCUT2D eigenvalue weighted by molar-refractivity contribution is 9.10. The highest BCUT2D eigenvalue weighted by Gasteiger charge is 2.47. The molecule has 2 heterocycles. The van der Waals surface area contributed by atoms with Crippen LogP contribution in [-0.2, 0) is 4.79 Å². The Kier molecular flexibility index (Phi) is 3.94. The van der Waals surface area contributed by atoms with Gasteiger partial charge in [-0.1, -0.05) is 39.7 Å². The minimum atomic E-state index is 0.0943. The number of hydrogen-bond donors (Lipinski definition) is 0. The van der Waals surface area contributed by atoms with Crippen molar-refractivity contribution in [3.05, 3.63) is 63.6 Å². The van der Waals surface area contributed by atoms with Gasteiger partial charge in [0.1, 0.15) is 5.78 Å². The summed E-state index contributed by atoms with van der Waals surface area (Å²) in [7, 11) is 0. The monoisotopic (exact) mass is 389 g/mol. The molecule has 3 aliphatic rings. The number of carbonyl (C=O) groups is 1.